The number of methoxy groups -OCH3 is 3. The van der Waals surface area contributed by atoms with E-state index in [2.05, 4.69) is 20.3 Å². The number of fused-ring (bicyclic) bond motifs is 1. The van der Waals surface area contributed by atoms with Crippen LogP contribution in [0.5, 0.6) is 17.2 Å². The zero-order valence-electron chi connectivity index (χ0n) is 17.2. The molecule has 4 rings (SSSR count). The summed E-state index contributed by atoms with van der Waals surface area (Å²) in [4.78, 5) is 25.5. The number of anilines is 4. The lowest BCUT2D eigenvalue weighted by Crippen LogP contribution is -2.17. The van der Waals surface area contributed by atoms with E-state index in [0.29, 0.717) is 41.4 Å². The van der Waals surface area contributed by atoms with E-state index in [0.717, 1.165) is 17.7 Å². The Kier molecular flexibility index (Phi) is 5.39. The molecule has 0 fully saturated rings. The third-order valence-corrected chi connectivity index (χ3v) is 4.90. The molecule has 0 saturated heterocycles. The summed E-state index contributed by atoms with van der Waals surface area (Å²) in [7, 11) is 4.60. The molecule has 1 aliphatic heterocycles. The van der Waals surface area contributed by atoms with Crippen LogP contribution in [0.1, 0.15) is 5.56 Å². The van der Waals surface area contributed by atoms with Gasteiger partial charge >= 0.3 is 0 Å². The SMILES string of the molecule is COc1cc(Nc2ncnc(N3CCc4ccc([N+](=O)[O-])cc43)n2)cc(OC)c1OC. The van der Waals surface area contributed by atoms with Gasteiger partial charge in [0.2, 0.25) is 17.6 Å². The van der Waals surface area contributed by atoms with Gasteiger partial charge in [-0.25, -0.2) is 9.97 Å². The van der Waals surface area contributed by atoms with Crippen LogP contribution >= 0.6 is 0 Å². The van der Waals surface area contributed by atoms with Gasteiger partial charge in [0.1, 0.15) is 6.33 Å². The zero-order chi connectivity index (χ0) is 22.0. The molecule has 1 aromatic heterocycles. The maximum atomic E-state index is 11.2. The Morgan fingerprint density at radius 1 is 1.06 bits per heavy atom. The van der Waals surface area contributed by atoms with E-state index < -0.39 is 4.92 Å². The lowest BCUT2D eigenvalue weighted by Gasteiger charge is -2.18. The van der Waals surface area contributed by atoms with Gasteiger partial charge < -0.3 is 24.4 Å². The Morgan fingerprint density at radius 3 is 2.45 bits per heavy atom. The molecule has 0 atom stereocenters. The molecule has 0 spiro atoms. The monoisotopic (exact) mass is 424 g/mol. The van der Waals surface area contributed by atoms with Gasteiger partial charge in [-0.05, 0) is 12.0 Å². The van der Waals surface area contributed by atoms with E-state index in [1.54, 1.807) is 24.3 Å². The molecule has 0 aliphatic carbocycles. The van der Waals surface area contributed by atoms with E-state index >= 15 is 0 Å². The van der Waals surface area contributed by atoms with Crippen molar-refractivity contribution < 1.29 is 19.1 Å². The maximum Gasteiger partial charge on any atom is 0.271 e. The van der Waals surface area contributed by atoms with Gasteiger partial charge in [-0.3, -0.25) is 10.1 Å². The van der Waals surface area contributed by atoms with Crippen LogP contribution in [-0.4, -0.2) is 47.7 Å². The van der Waals surface area contributed by atoms with Crippen LogP contribution in [0.4, 0.5) is 29.0 Å². The summed E-state index contributed by atoms with van der Waals surface area (Å²) in [6.45, 7) is 0.615. The Morgan fingerprint density at radius 2 is 1.81 bits per heavy atom. The van der Waals surface area contributed by atoms with Gasteiger partial charge in [-0.15, -0.1) is 0 Å². The molecule has 0 saturated carbocycles. The Bertz CT molecular complexity index is 1110. The number of non-ortho nitro benzene ring substituents is 1. The van der Waals surface area contributed by atoms with Crippen LogP contribution in [0.2, 0.25) is 0 Å². The standard InChI is InChI=1S/C20H20N6O5/c1-29-16-8-13(9-17(30-2)18(16)31-3)23-19-21-11-22-20(24-19)25-7-6-12-4-5-14(26(27)28)10-15(12)25/h4-5,8-11H,6-7H2,1-3H3,(H,21,22,23,24). The van der Waals surface area contributed by atoms with Crippen LogP contribution in [0.25, 0.3) is 0 Å². The zero-order valence-corrected chi connectivity index (χ0v) is 17.2. The molecule has 2 heterocycles. The fraction of sp³-hybridized carbons (Fsp3) is 0.250. The molecule has 0 bridgehead atoms. The Hall–Kier alpha value is -4.15. The average molecular weight is 424 g/mol. The van der Waals surface area contributed by atoms with Crippen LogP contribution in [0.3, 0.4) is 0 Å². The number of aromatic nitrogens is 3. The number of nitrogens with one attached hydrogen (secondary N) is 1. The molecule has 160 valence electrons. The van der Waals surface area contributed by atoms with Crippen molar-refractivity contribution in [3.8, 4) is 17.2 Å². The molecule has 11 heteroatoms. The molecule has 1 aliphatic rings. The molecule has 0 unspecified atom stereocenters. The molecule has 2 aromatic carbocycles. The predicted molar refractivity (Wildman–Crippen MR) is 113 cm³/mol. The van der Waals surface area contributed by atoms with Crippen molar-refractivity contribution >= 4 is 29.0 Å². The molecule has 3 aromatic rings. The number of hydrogen-bond donors (Lipinski definition) is 1. The number of hydrogen-bond acceptors (Lipinski definition) is 10. The predicted octanol–water partition coefficient (Wildman–Crippen LogP) is 3.24. The van der Waals surface area contributed by atoms with E-state index in [1.165, 1.54) is 33.7 Å². The summed E-state index contributed by atoms with van der Waals surface area (Å²) in [6.07, 6.45) is 2.13. The van der Waals surface area contributed by atoms with Gasteiger partial charge in [0.25, 0.3) is 5.69 Å². The first-order valence-corrected chi connectivity index (χ1v) is 9.35. The second kappa shape index (κ2) is 8.30. The van der Waals surface area contributed by atoms with Crippen molar-refractivity contribution in [2.75, 3.05) is 38.1 Å². The minimum atomic E-state index is -0.415. The summed E-state index contributed by atoms with van der Waals surface area (Å²) < 4.78 is 16.1. The Balaban J connectivity index is 1.64. The topological polar surface area (TPSA) is 125 Å². The molecular weight excluding hydrogens is 404 g/mol. The van der Waals surface area contributed by atoms with Crippen molar-refractivity contribution in [3.05, 3.63) is 52.3 Å². The first-order chi connectivity index (χ1) is 15.0. The maximum absolute atomic E-state index is 11.2. The lowest BCUT2D eigenvalue weighted by atomic mass is 10.1. The fourth-order valence-electron chi connectivity index (χ4n) is 3.45. The van der Waals surface area contributed by atoms with Crippen LogP contribution in [0.15, 0.2) is 36.7 Å². The number of nitrogens with zero attached hydrogens (tertiary/aromatic N) is 5. The number of rotatable bonds is 7. The summed E-state index contributed by atoms with van der Waals surface area (Å²) in [5.41, 5.74) is 2.38. The van der Waals surface area contributed by atoms with E-state index in [4.69, 9.17) is 14.2 Å². The molecule has 0 amide bonds. The van der Waals surface area contributed by atoms with Gasteiger partial charge in [0.05, 0.1) is 31.9 Å². The van der Waals surface area contributed by atoms with Crippen LogP contribution < -0.4 is 24.4 Å². The van der Waals surface area contributed by atoms with E-state index in [1.807, 2.05) is 4.90 Å². The highest BCUT2D eigenvalue weighted by Gasteiger charge is 2.25. The molecule has 11 nitrogen and oxygen atoms in total. The minimum Gasteiger partial charge on any atom is -0.493 e. The van der Waals surface area contributed by atoms with E-state index in [-0.39, 0.29) is 5.69 Å². The largest absolute Gasteiger partial charge is 0.493 e. The molecule has 31 heavy (non-hydrogen) atoms. The third-order valence-electron chi connectivity index (χ3n) is 4.90. The normalized spacial score (nSPS) is 12.3. The quantitative estimate of drug-likeness (QED) is 0.446. The lowest BCUT2D eigenvalue weighted by molar-refractivity contribution is -0.384. The summed E-state index contributed by atoms with van der Waals surface area (Å²) in [6, 6.07) is 8.29. The molecule has 1 N–H and O–H groups in total. The van der Waals surface area contributed by atoms with Crippen molar-refractivity contribution in [2.24, 2.45) is 0 Å². The highest BCUT2D eigenvalue weighted by Crippen LogP contribution is 2.40. The minimum absolute atomic E-state index is 0.0236. The Labute approximate surface area is 177 Å². The highest BCUT2D eigenvalue weighted by molar-refractivity contribution is 5.70. The fourth-order valence-corrected chi connectivity index (χ4v) is 3.45. The van der Waals surface area contributed by atoms with Crippen molar-refractivity contribution in [1.82, 2.24) is 15.0 Å². The van der Waals surface area contributed by atoms with Crippen LogP contribution in [-0.2, 0) is 6.42 Å². The van der Waals surface area contributed by atoms with Crippen molar-refractivity contribution in [2.45, 2.75) is 6.42 Å². The number of benzene rings is 2. The number of nitro benzene ring substituents is 1. The smallest absolute Gasteiger partial charge is 0.271 e. The second-order valence-electron chi connectivity index (χ2n) is 6.62. The first-order valence-electron chi connectivity index (χ1n) is 9.35. The highest BCUT2D eigenvalue weighted by atomic mass is 16.6. The summed E-state index contributed by atoms with van der Waals surface area (Å²) in [5.74, 6) is 2.14. The molecular formula is C20H20N6O5. The van der Waals surface area contributed by atoms with Gasteiger partial charge in [-0.1, -0.05) is 6.07 Å². The first kappa shape index (κ1) is 20.1. The van der Waals surface area contributed by atoms with Gasteiger partial charge in [-0.2, -0.15) is 4.98 Å². The average Bonchev–Trinajstić information content (AvgIpc) is 3.21. The number of ether oxygens (including phenoxy) is 3. The second-order valence-corrected chi connectivity index (χ2v) is 6.62. The third kappa shape index (κ3) is 3.84. The van der Waals surface area contributed by atoms with Gasteiger partial charge in [0, 0.05) is 36.5 Å². The van der Waals surface area contributed by atoms with Crippen molar-refractivity contribution in [3.63, 3.8) is 0 Å². The molecule has 0 radical (unpaired) electrons. The van der Waals surface area contributed by atoms with E-state index in [9.17, 15) is 10.1 Å². The summed E-state index contributed by atoms with van der Waals surface area (Å²) >= 11 is 0. The van der Waals surface area contributed by atoms with Crippen LogP contribution in [0, 0.1) is 10.1 Å². The van der Waals surface area contributed by atoms with Crippen molar-refractivity contribution in [1.29, 1.82) is 0 Å². The summed E-state index contributed by atoms with van der Waals surface area (Å²) in [5, 5.41) is 14.3. The number of nitro groups is 1. The van der Waals surface area contributed by atoms with Gasteiger partial charge in [0.15, 0.2) is 11.5 Å².